The number of ketones is 2. The highest BCUT2D eigenvalue weighted by molar-refractivity contribution is 6.40. The van der Waals surface area contributed by atoms with Crippen molar-refractivity contribution in [3.8, 4) is 5.75 Å². The summed E-state index contributed by atoms with van der Waals surface area (Å²) in [7, 11) is 0. The van der Waals surface area contributed by atoms with E-state index in [-0.39, 0.29) is 34.0 Å². The summed E-state index contributed by atoms with van der Waals surface area (Å²) in [6, 6.07) is 5.20. The summed E-state index contributed by atoms with van der Waals surface area (Å²) in [4.78, 5) is 30.1. The monoisotopic (exact) mass is 522 g/mol. The molecule has 0 saturated carbocycles. The number of anilines is 1. The Hall–Kier alpha value is -3.28. The van der Waals surface area contributed by atoms with Crippen LogP contribution in [0.5, 0.6) is 5.75 Å². The Kier molecular flexibility index (Phi) is 12.9. The second-order valence-electron chi connectivity index (χ2n) is 9.88. The van der Waals surface area contributed by atoms with Gasteiger partial charge in [0.2, 0.25) is 5.78 Å². The molecule has 0 saturated heterocycles. The Morgan fingerprint density at radius 1 is 0.895 bits per heavy atom. The first-order valence-electron chi connectivity index (χ1n) is 14.2. The largest absolute Gasteiger partial charge is 0.507 e. The van der Waals surface area contributed by atoms with Crippen LogP contribution in [0.15, 0.2) is 60.0 Å². The molecular formula is C32H46N2O4. The molecule has 0 radical (unpaired) electrons. The molecule has 1 aliphatic carbocycles. The lowest BCUT2D eigenvalue weighted by Crippen LogP contribution is -2.26. The Morgan fingerprint density at radius 3 is 1.92 bits per heavy atom. The predicted molar refractivity (Wildman–Crippen MR) is 157 cm³/mol. The van der Waals surface area contributed by atoms with Crippen molar-refractivity contribution in [2.75, 3.05) is 31.1 Å². The number of benzene rings is 1. The number of carbonyl (C=O) groups excluding carboxylic acids is 2. The van der Waals surface area contributed by atoms with Crippen LogP contribution in [0.4, 0.5) is 5.69 Å². The lowest BCUT2D eigenvalue weighted by Gasteiger charge is -2.27. The number of Topliss-reactive ketones (excluding diaryl/α,β-unsaturated/α-hetero) is 1. The van der Waals surface area contributed by atoms with Gasteiger partial charge in [-0.1, -0.05) is 60.0 Å². The van der Waals surface area contributed by atoms with Crippen LogP contribution < -0.4 is 4.90 Å². The van der Waals surface area contributed by atoms with Gasteiger partial charge in [-0.3, -0.25) is 9.59 Å². The molecule has 208 valence electrons. The number of rotatable bonds is 18. The number of carbonyl (C=O) groups is 2. The number of hydrogen-bond acceptors (Lipinski definition) is 6. The standard InChI is InChI=1S/C32H46N2O4/c1-6-11-17-33(18-12-7-2)24(10-5)21-26(35)23-28-31(37)30(32(28)38)27-16-15-25(22-29(27)36)34(19-13-8-3)20-14-9-4/h10,15-16,21-23,36-37H,5-9,11-14,17-20H2,1-4H3/b24-21+,28-23+. The van der Waals surface area contributed by atoms with E-state index in [1.807, 2.05) is 6.07 Å². The molecule has 2 rings (SSSR count). The third-order valence-corrected chi connectivity index (χ3v) is 6.86. The molecule has 0 aromatic heterocycles. The van der Waals surface area contributed by atoms with Crippen molar-refractivity contribution in [2.45, 2.75) is 79.1 Å². The van der Waals surface area contributed by atoms with Crippen molar-refractivity contribution in [2.24, 2.45) is 0 Å². The maximum absolute atomic E-state index is 12.9. The maximum Gasteiger partial charge on any atom is 0.201 e. The fourth-order valence-corrected chi connectivity index (χ4v) is 4.48. The fourth-order valence-electron chi connectivity index (χ4n) is 4.48. The number of aliphatic hydroxyl groups excluding tert-OH is 1. The fraction of sp³-hybridized carbons (Fsp3) is 0.500. The summed E-state index contributed by atoms with van der Waals surface area (Å²) in [5.41, 5.74) is 1.90. The first kappa shape index (κ1) is 30.9. The molecule has 0 spiro atoms. The number of nitrogens with zero attached hydrogens (tertiary/aromatic N) is 2. The minimum absolute atomic E-state index is 0.0330. The molecule has 1 aromatic rings. The number of unbranched alkanes of at least 4 members (excludes halogenated alkanes) is 4. The zero-order chi connectivity index (χ0) is 28.1. The number of hydrogen-bond donors (Lipinski definition) is 2. The molecule has 38 heavy (non-hydrogen) atoms. The molecule has 0 bridgehead atoms. The SMILES string of the molecule is C=C/C(=C\C(=O)/C=C1/C(=O)C(c2ccc(N(CCCC)CCCC)cc2O)=C1O)N(CCCC)CCCC. The van der Waals surface area contributed by atoms with E-state index in [1.165, 1.54) is 12.2 Å². The van der Waals surface area contributed by atoms with Crippen LogP contribution in [0.3, 0.4) is 0 Å². The minimum Gasteiger partial charge on any atom is -0.507 e. The number of phenolic OH excluding ortho intramolecular Hbond substituents is 1. The van der Waals surface area contributed by atoms with Gasteiger partial charge in [0.25, 0.3) is 0 Å². The van der Waals surface area contributed by atoms with Crippen LogP contribution >= 0.6 is 0 Å². The molecule has 6 nitrogen and oxygen atoms in total. The van der Waals surface area contributed by atoms with Crippen molar-refractivity contribution < 1.29 is 19.8 Å². The van der Waals surface area contributed by atoms with Crippen molar-refractivity contribution in [1.29, 1.82) is 0 Å². The van der Waals surface area contributed by atoms with Gasteiger partial charge in [0, 0.05) is 61.3 Å². The molecule has 1 aromatic carbocycles. The minimum atomic E-state index is -0.449. The first-order chi connectivity index (χ1) is 18.3. The average Bonchev–Trinajstić information content (AvgIpc) is 2.92. The van der Waals surface area contributed by atoms with E-state index in [0.717, 1.165) is 83.2 Å². The molecule has 0 atom stereocenters. The summed E-state index contributed by atoms with van der Waals surface area (Å²) in [6.07, 6.45) is 12.7. The molecule has 0 aliphatic heterocycles. The van der Waals surface area contributed by atoms with Gasteiger partial charge in [0.1, 0.15) is 11.5 Å². The lowest BCUT2D eigenvalue weighted by molar-refractivity contribution is -0.113. The summed E-state index contributed by atoms with van der Waals surface area (Å²) < 4.78 is 0. The van der Waals surface area contributed by atoms with Gasteiger partial charge in [-0.15, -0.1) is 0 Å². The Balaban J connectivity index is 2.27. The average molecular weight is 523 g/mol. The van der Waals surface area contributed by atoms with E-state index >= 15 is 0 Å². The van der Waals surface area contributed by atoms with Crippen molar-refractivity contribution >= 4 is 22.8 Å². The molecule has 1 aliphatic rings. The van der Waals surface area contributed by atoms with Crippen molar-refractivity contribution in [3.63, 3.8) is 0 Å². The smallest absolute Gasteiger partial charge is 0.201 e. The lowest BCUT2D eigenvalue weighted by atomic mass is 9.82. The topological polar surface area (TPSA) is 81.1 Å². The maximum atomic E-state index is 12.9. The normalized spacial score (nSPS) is 14.6. The van der Waals surface area contributed by atoms with Gasteiger partial charge in [0.05, 0.1) is 11.1 Å². The third-order valence-electron chi connectivity index (χ3n) is 6.86. The molecule has 0 unspecified atom stereocenters. The highest BCUT2D eigenvalue weighted by Gasteiger charge is 2.36. The van der Waals surface area contributed by atoms with Crippen LogP contribution in [0.1, 0.15) is 84.6 Å². The second-order valence-corrected chi connectivity index (χ2v) is 9.88. The molecule has 0 amide bonds. The van der Waals surface area contributed by atoms with Gasteiger partial charge in [-0.05, 0) is 43.9 Å². The number of allylic oxidation sites excluding steroid dienone is 5. The van der Waals surface area contributed by atoms with Crippen LogP contribution in [-0.4, -0.2) is 52.9 Å². The summed E-state index contributed by atoms with van der Waals surface area (Å²) in [5.74, 6) is -1.15. The Labute approximate surface area is 229 Å². The summed E-state index contributed by atoms with van der Waals surface area (Å²) >= 11 is 0. The first-order valence-corrected chi connectivity index (χ1v) is 14.2. The third kappa shape index (κ3) is 8.11. The summed E-state index contributed by atoms with van der Waals surface area (Å²) in [6.45, 7) is 15.9. The van der Waals surface area contributed by atoms with Gasteiger partial charge >= 0.3 is 0 Å². The van der Waals surface area contributed by atoms with Crippen molar-refractivity contribution in [3.05, 3.63) is 65.6 Å². The van der Waals surface area contributed by atoms with E-state index in [9.17, 15) is 19.8 Å². The zero-order valence-corrected chi connectivity index (χ0v) is 23.8. The van der Waals surface area contributed by atoms with Gasteiger partial charge in [-0.25, -0.2) is 0 Å². The van der Waals surface area contributed by atoms with E-state index in [4.69, 9.17) is 0 Å². The quantitative estimate of drug-likeness (QED) is 0.158. The van der Waals surface area contributed by atoms with Crippen LogP contribution in [0.25, 0.3) is 5.57 Å². The van der Waals surface area contributed by atoms with Crippen LogP contribution in [0.2, 0.25) is 0 Å². The van der Waals surface area contributed by atoms with Crippen LogP contribution in [0, 0.1) is 0 Å². The number of phenols is 1. The van der Waals surface area contributed by atoms with Crippen LogP contribution in [-0.2, 0) is 9.59 Å². The molecule has 0 fully saturated rings. The van der Waals surface area contributed by atoms with E-state index in [1.54, 1.807) is 18.2 Å². The van der Waals surface area contributed by atoms with E-state index in [0.29, 0.717) is 5.70 Å². The molecule has 2 N–H and O–H groups in total. The number of aromatic hydroxyl groups is 1. The van der Waals surface area contributed by atoms with Crippen molar-refractivity contribution in [1.82, 2.24) is 4.90 Å². The highest BCUT2D eigenvalue weighted by atomic mass is 16.3. The highest BCUT2D eigenvalue weighted by Crippen LogP contribution is 2.41. The summed E-state index contributed by atoms with van der Waals surface area (Å²) in [5, 5.41) is 21.4. The second kappa shape index (κ2) is 15.9. The predicted octanol–water partition coefficient (Wildman–Crippen LogP) is 7.12. The Bertz CT molecular complexity index is 1050. The van der Waals surface area contributed by atoms with E-state index < -0.39 is 5.78 Å². The van der Waals surface area contributed by atoms with E-state index in [2.05, 4.69) is 44.1 Å². The van der Waals surface area contributed by atoms with Gasteiger partial charge in [-0.2, -0.15) is 0 Å². The van der Waals surface area contributed by atoms with Gasteiger partial charge in [0.15, 0.2) is 5.78 Å². The molecular weight excluding hydrogens is 476 g/mol. The number of aliphatic hydroxyl groups is 1. The molecule has 6 heteroatoms. The molecule has 0 heterocycles. The Morgan fingerprint density at radius 2 is 1.45 bits per heavy atom. The van der Waals surface area contributed by atoms with Gasteiger partial charge < -0.3 is 20.0 Å². The zero-order valence-electron chi connectivity index (χ0n) is 23.8.